The van der Waals surface area contributed by atoms with Crippen LogP contribution in [-0.2, 0) is 14.3 Å². The standard InChI is InChI=1S/C22H30N2O6/c1-28-18-12-16(22(27)30-14-20(25)24-10-6-3-7-11-24)17(13-19(18)29-2)23-21(26)15-8-4-5-9-15/h12-13,15H,3-11,14H2,1-2H3,(H,23,26). The highest BCUT2D eigenvalue weighted by molar-refractivity contribution is 6.03. The fourth-order valence-electron chi connectivity index (χ4n) is 4.01. The monoisotopic (exact) mass is 418 g/mol. The lowest BCUT2D eigenvalue weighted by Crippen LogP contribution is -2.38. The predicted molar refractivity (Wildman–Crippen MR) is 111 cm³/mol. The Morgan fingerprint density at radius 2 is 1.60 bits per heavy atom. The van der Waals surface area contributed by atoms with Gasteiger partial charge in [0.15, 0.2) is 18.1 Å². The number of nitrogens with one attached hydrogen (secondary N) is 1. The van der Waals surface area contributed by atoms with Crippen LogP contribution in [0.4, 0.5) is 5.69 Å². The molecule has 0 bridgehead atoms. The van der Waals surface area contributed by atoms with Crippen molar-refractivity contribution in [2.45, 2.75) is 44.9 Å². The topological polar surface area (TPSA) is 94.2 Å². The fourth-order valence-corrected chi connectivity index (χ4v) is 4.01. The van der Waals surface area contributed by atoms with E-state index in [4.69, 9.17) is 14.2 Å². The van der Waals surface area contributed by atoms with Gasteiger partial charge in [-0.05, 0) is 32.1 Å². The Balaban J connectivity index is 1.75. The molecule has 0 aromatic heterocycles. The van der Waals surface area contributed by atoms with Gasteiger partial charge in [-0.25, -0.2) is 4.79 Å². The second-order valence-electron chi connectivity index (χ2n) is 7.74. The fraction of sp³-hybridized carbons (Fsp3) is 0.591. The maximum Gasteiger partial charge on any atom is 0.340 e. The molecular weight excluding hydrogens is 388 g/mol. The lowest BCUT2D eigenvalue weighted by Gasteiger charge is -2.26. The zero-order valence-electron chi connectivity index (χ0n) is 17.7. The van der Waals surface area contributed by atoms with Gasteiger partial charge in [0.25, 0.3) is 5.91 Å². The van der Waals surface area contributed by atoms with Gasteiger partial charge in [0.1, 0.15) is 0 Å². The van der Waals surface area contributed by atoms with Crippen LogP contribution in [0.1, 0.15) is 55.3 Å². The number of amides is 2. The Morgan fingerprint density at radius 3 is 2.23 bits per heavy atom. The summed E-state index contributed by atoms with van der Waals surface area (Å²) in [5, 5.41) is 2.84. The van der Waals surface area contributed by atoms with Crippen molar-refractivity contribution in [1.29, 1.82) is 0 Å². The third kappa shape index (κ3) is 5.23. The lowest BCUT2D eigenvalue weighted by atomic mass is 10.1. The van der Waals surface area contributed by atoms with Crippen LogP contribution in [0.3, 0.4) is 0 Å². The Labute approximate surface area is 176 Å². The molecule has 1 heterocycles. The van der Waals surface area contributed by atoms with E-state index in [1.165, 1.54) is 20.3 Å². The van der Waals surface area contributed by atoms with Crippen molar-refractivity contribution < 1.29 is 28.6 Å². The van der Waals surface area contributed by atoms with Gasteiger partial charge in [0, 0.05) is 31.1 Å². The van der Waals surface area contributed by atoms with Crippen LogP contribution in [0.5, 0.6) is 11.5 Å². The third-order valence-electron chi connectivity index (χ3n) is 5.76. The molecule has 2 aliphatic rings. The number of likely N-dealkylation sites (tertiary alicyclic amines) is 1. The Bertz CT molecular complexity index is 782. The average molecular weight is 418 g/mol. The van der Waals surface area contributed by atoms with Crippen LogP contribution in [0.15, 0.2) is 12.1 Å². The molecular formula is C22H30N2O6. The molecule has 1 aliphatic heterocycles. The second kappa shape index (κ2) is 10.3. The molecule has 8 nitrogen and oxygen atoms in total. The summed E-state index contributed by atoms with van der Waals surface area (Å²) >= 11 is 0. The Morgan fingerprint density at radius 1 is 0.967 bits per heavy atom. The SMILES string of the molecule is COc1cc(NC(=O)C2CCCC2)c(C(=O)OCC(=O)N2CCCCC2)cc1OC. The molecule has 2 fully saturated rings. The van der Waals surface area contributed by atoms with E-state index >= 15 is 0 Å². The van der Waals surface area contributed by atoms with E-state index in [0.29, 0.717) is 30.3 Å². The van der Waals surface area contributed by atoms with Crippen LogP contribution in [0.2, 0.25) is 0 Å². The number of esters is 1. The summed E-state index contributed by atoms with van der Waals surface area (Å²) in [6.45, 7) is 1.05. The highest BCUT2D eigenvalue weighted by Crippen LogP contribution is 2.35. The predicted octanol–water partition coefficient (Wildman–Crippen LogP) is 3.00. The number of anilines is 1. The van der Waals surface area contributed by atoms with Gasteiger partial charge in [0.05, 0.1) is 25.5 Å². The van der Waals surface area contributed by atoms with Crippen LogP contribution < -0.4 is 14.8 Å². The van der Waals surface area contributed by atoms with Crippen LogP contribution >= 0.6 is 0 Å². The summed E-state index contributed by atoms with van der Waals surface area (Å²) in [6.07, 6.45) is 6.76. The van der Waals surface area contributed by atoms with Gasteiger partial charge >= 0.3 is 5.97 Å². The number of hydrogen-bond acceptors (Lipinski definition) is 6. The number of ether oxygens (including phenoxy) is 3. The first-order chi connectivity index (χ1) is 14.5. The van der Waals surface area contributed by atoms with Crippen molar-refractivity contribution in [2.75, 3.05) is 39.2 Å². The highest BCUT2D eigenvalue weighted by atomic mass is 16.5. The quantitative estimate of drug-likeness (QED) is 0.684. The second-order valence-corrected chi connectivity index (χ2v) is 7.74. The maximum absolute atomic E-state index is 12.8. The van der Waals surface area contributed by atoms with E-state index in [-0.39, 0.29) is 29.9 Å². The molecule has 1 saturated carbocycles. The molecule has 1 aromatic carbocycles. The van der Waals surface area contributed by atoms with E-state index in [2.05, 4.69) is 5.32 Å². The Hall–Kier alpha value is -2.77. The maximum atomic E-state index is 12.8. The van der Waals surface area contributed by atoms with E-state index in [1.54, 1.807) is 11.0 Å². The van der Waals surface area contributed by atoms with E-state index in [0.717, 1.165) is 44.9 Å². The lowest BCUT2D eigenvalue weighted by molar-refractivity contribution is -0.135. The van der Waals surface area contributed by atoms with Crippen molar-refractivity contribution in [3.63, 3.8) is 0 Å². The molecule has 0 radical (unpaired) electrons. The molecule has 8 heteroatoms. The normalized spacial score (nSPS) is 16.8. The first kappa shape index (κ1) is 21.9. The third-order valence-corrected chi connectivity index (χ3v) is 5.76. The molecule has 3 rings (SSSR count). The van der Waals surface area contributed by atoms with Gasteiger partial charge in [-0.15, -0.1) is 0 Å². The zero-order valence-corrected chi connectivity index (χ0v) is 17.7. The number of carbonyl (C=O) groups is 3. The highest BCUT2D eigenvalue weighted by Gasteiger charge is 2.26. The molecule has 0 unspecified atom stereocenters. The molecule has 1 N–H and O–H groups in total. The Kier molecular flexibility index (Phi) is 7.54. The van der Waals surface area contributed by atoms with Crippen molar-refractivity contribution in [3.05, 3.63) is 17.7 Å². The van der Waals surface area contributed by atoms with Crippen molar-refractivity contribution in [1.82, 2.24) is 4.90 Å². The minimum Gasteiger partial charge on any atom is -0.493 e. The number of carbonyl (C=O) groups excluding carboxylic acids is 3. The van der Waals surface area contributed by atoms with E-state index < -0.39 is 5.97 Å². The molecule has 0 spiro atoms. The number of hydrogen-bond donors (Lipinski definition) is 1. The molecule has 164 valence electrons. The summed E-state index contributed by atoms with van der Waals surface area (Å²) in [6, 6.07) is 3.02. The summed E-state index contributed by atoms with van der Waals surface area (Å²) in [7, 11) is 2.94. The molecule has 2 amide bonds. The van der Waals surface area contributed by atoms with Crippen LogP contribution in [0.25, 0.3) is 0 Å². The van der Waals surface area contributed by atoms with Gasteiger partial charge < -0.3 is 24.4 Å². The van der Waals surface area contributed by atoms with Gasteiger partial charge in [-0.2, -0.15) is 0 Å². The molecule has 1 saturated heterocycles. The van der Waals surface area contributed by atoms with Gasteiger partial charge in [-0.1, -0.05) is 12.8 Å². The van der Waals surface area contributed by atoms with Crippen molar-refractivity contribution >= 4 is 23.5 Å². The molecule has 1 aliphatic carbocycles. The average Bonchev–Trinajstić information content (AvgIpc) is 3.32. The van der Waals surface area contributed by atoms with Crippen LogP contribution in [-0.4, -0.2) is 56.6 Å². The number of methoxy groups -OCH3 is 2. The van der Waals surface area contributed by atoms with Crippen molar-refractivity contribution in [2.24, 2.45) is 5.92 Å². The first-order valence-corrected chi connectivity index (χ1v) is 10.5. The summed E-state index contributed by atoms with van der Waals surface area (Å²) in [5.74, 6) is -0.366. The molecule has 1 aromatic rings. The smallest absolute Gasteiger partial charge is 0.340 e. The number of piperidine rings is 1. The summed E-state index contributed by atoms with van der Waals surface area (Å²) < 4.78 is 15.9. The molecule has 0 atom stereocenters. The first-order valence-electron chi connectivity index (χ1n) is 10.5. The summed E-state index contributed by atoms with van der Waals surface area (Å²) in [4.78, 5) is 39.4. The number of benzene rings is 1. The van der Waals surface area contributed by atoms with Gasteiger partial charge in [-0.3, -0.25) is 9.59 Å². The van der Waals surface area contributed by atoms with E-state index in [9.17, 15) is 14.4 Å². The van der Waals surface area contributed by atoms with Gasteiger partial charge in [0.2, 0.25) is 5.91 Å². The number of rotatable bonds is 7. The number of nitrogens with zero attached hydrogens (tertiary/aromatic N) is 1. The van der Waals surface area contributed by atoms with E-state index in [1.807, 2.05) is 0 Å². The molecule has 30 heavy (non-hydrogen) atoms. The van der Waals surface area contributed by atoms with Crippen LogP contribution in [0, 0.1) is 5.92 Å². The minimum atomic E-state index is -0.692. The largest absolute Gasteiger partial charge is 0.493 e. The summed E-state index contributed by atoms with van der Waals surface area (Å²) in [5.41, 5.74) is 0.422. The minimum absolute atomic E-state index is 0.0670. The van der Waals surface area contributed by atoms with Crippen molar-refractivity contribution in [3.8, 4) is 11.5 Å². The zero-order chi connectivity index (χ0) is 21.5.